The summed E-state index contributed by atoms with van der Waals surface area (Å²) in [6.07, 6.45) is 0. The van der Waals surface area contributed by atoms with Gasteiger partial charge >= 0.3 is 10.2 Å². The van der Waals surface area contributed by atoms with E-state index in [1.165, 1.54) is 29.6 Å². The van der Waals surface area contributed by atoms with Crippen LogP contribution in [0.2, 0.25) is 5.02 Å². The van der Waals surface area contributed by atoms with Gasteiger partial charge in [0.15, 0.2) is 0 Å². The van der Waals surface area contributed by atoms with Crippen LogP contribution in [0.4, 0.5) is 5.69 Å². The van der Waals surface area contributed by atoms with Gasteiger partial charge in [0.25, 0.3) is 0 Å². The van der Waals surface area contributed by atoms with Crippen molar-refractivity contribution in [3.05, 3.63) is 23.2 Å². The van der Waals surface area contributed by atoms with Gasteiger partial charge < -0.3 is 5.11 Å². The molecule has 17 heavy (non-hydrogen) atoms. The Morgan fingerprint density at radius 3 is 2.47 bits per heavy atom. The van der Waals surface area contributed by atoms with E-state index in [0.29, 0.717) is 5.69 Å². The highest BCUT2D eigenvalue weighted by atomic mass is 35.5. The lowest BCUT2D eigenvalue weighted by Crippen LogP contribution is -2.37. The molecule has 0 saturated heterocycles. The lowest BCUT2D eigenvalue weighted by molar-refractivity contribution is 0.414. The van der Waals surface area contributed by atoms with Gasteiger partial charge in [0.05, 0.1) is 10.7 Å². The van der Waals surface area contributed by atoms with E-state index in [1.54, 1.807) is 13.8 Å². The van der Waals surface area contributed by atoms with E-state index in [9.17, 15) is 13.5 Å². The highest BCUT2D eigenvalue weighted by molar-refractivity contribution is 7.90. The van der Waals surface area contributed by atoms with Crippen LogP contribution in [0.3, 0.4) is 0 Å². The van der Waals surface area contributed by atoms with Crippen molar-refractivity contribution in [2.75, 3.05) is 11.8 Å². The summed E-state index contributed by atoms with van der Waals surface area (Å²) in [5, 5.41) is 9.31. The molecule has 0 aliphatic carbocycles. The van der Waals surface area contributed by atoms with Crippen molar-refractivity contribution in [3.63, 3.8) is 0 Å². The molecule has 1 aromatic carbocycles. The first kappa shape index (κ1) is 14.1. The first-order chi connectivity index (χ1) is 7.74. The number of halogens is 1. The van der Waals surface area contributed by atoms with E-state index < -0.39 is 10.2 Å². The van der Waals surface area contributed by atoms with Gasteiger partial charge in [-0.2, -0.15) is 12.7 Å². The number of phenols is 1. The third-order valence-corrected chi connectivity index (χ3v) is 4.28. The SMILES string of the molecule is CC(C)N(C)S(=O)(=O)Nc1ccc(O)c(Cl)c1. The summed E-state index contributed by atoms with van der Waals surface area (Å²) >= 11 is 5.69. The second-order valence-corrected chi connectivity index (χ2v) is 6.02. The van der Waals surface area contributed by atoms with Crippen LogP contribution in [-0.2, 0) is 10.2 Å². The number of anilines is 1. The maximum atomic E-state index is 11.8. The third kappa shape index (κ3) is 3.49. The standard InChI is InChI=1S/C10H15ClN2O3S/c1-7(2)13(3)17(15,16)12-8-4-5-10(14)9(11)6-8/h4-7,12,14H,1-3H3. The number of nitrogens with one attached hydrogen (secondary N) is 1. The summed E-state index contributed by atoms with van der Waals surface area (Å²) in [7, 11) is -2.12. The van der Waals surface area contributed by atoms with Gasteiger partial charge in [-0.05, 0) is 32.0 Å². The Bertz CT molecular complexity index is 502. The molecule has 2 N–H and O–H groups in total. The van der Waals surface area contributed by atoms with Gasteiger partial charge in [0, 0.05) is 13.1 Å². The first-order valence-corrected chi connectivity index (χ1v) is 6.80. The molecule has 1 aromatic rings. The molecule has 0 unspecified atom stereocenters. The van der Waals surface area contributed by atoms with Crippen LogP contribution >= 0.6 is 11.6 Å². The normalized spacial score (nSPS) is 12.1. The van der Waals surface area contributed by atoms with Crippen molar-refractivity contribution in [2.24, 2.45) is 0 Å². The van der Waals surface area contributed by atoms with Crippen LogP contribution in [0, 0.1) is 0 Å². The van der Waals surface area contributed by atoms with Gasteiger partial charge in [-0.3, -0.25) is 4.72 Å². The summed E-state index contributed by atoms with van der Waals surface area (Å²) in [4.78, 5) is 0. The number of benzene rings is 1. The fraction of sp³-hybridized carbons (Fsp3) is 0.400. The fourth-order valence-corrected chi connectivity index (χ4v) is 2.37. The first-order valence-electron chi connectivity index (χ1n) is 4.98. The monoisotopic (exact) mass is 278 g/mol. The van der Waals surface area contributed by atoms with Crippen LogP contribution in [0.25, 0.3) is 0 Å². The van der Waals surface area contributed by atoms with Gasteiger partial charge in [-0.15, -0.1) is 0 Å². The van der Waals surface area contributed by atoms with Gasteiger partial charge in [0.1, 0.15) is 5.75 Å². The minimum atomic E-state index is -3.60. The maximum absolute atomic E-state index is 11.8. The van der Waals surface area contributed by atoms with Gasteiger partial charge in [-0.25, -0.2) is 0 Å². The molecule has 0 aromatic heterocycles. The second kappa shape index (κ2) is 5.12. The summed E-state index contributed by atoms with van der Waals surface area (Å²) in [6, 6.07) is 3.96. The Hall–Kier alpha value is -0.980. The number of hydrogen-bond acceptors (Lipinski definition) is 3. The number of rotatable bonds is 4. The van der Waals surface area contributed by atoms with Crippen molar-refractivity contribution in [3.8, 4) is 5.75 Å². The lowest BCUT2D eigenvalue weighted by atomic mass is 10.3. The number of hydrogen-bond donors (Lipinski definition) is 2. The molecular weight excluding hydrogens is 264 g/mol. The van der Waals surface area contributed by atoms with Gasteiger partial charge in [-0.1, -0.05) is 11.6 Å². The predicted octanol–water partition coefficient (Wildman–Crippen LogP) is 2.04. The Balaban J connectivity index is 2.94. The molecule has 0 radical (unpaired) electrons. The average Bonchev–Trinajstić information content (AvgIpc) is 2.22. The van der Waals surface area contributed by atoms with E-state index in [4.69, 9.17) is 11.6 Å². The maximum Gasteiger partial charge on any atom is 0.301 e. The quantitative estimate of drug-likeness (QED) is 0.828. The van der Waals surface area contributed by atoms with E-state index in [2.05, 4.69) is 4.72 Å². The molecule has 0 amide bonds. The zero-order valence-electron chi connectivity index (χ0n) is 9.81. The molecule has 0 fully saturated rings. The van der Waals surface area contributed by atoms with Crippen molar-refractivity contribution in [1.82, 2.24) is 4.31 Å². The molecule has 0 saturated carbocycles. The highest BCUT2D eigenvalue weighted by Crippen LogP contribution is 2.26. The van der Waals surface area contributed by atoms with Crippen LogP contribution in [0.5, 0.6) is 5.75 Å². The molecule has 7 heteroatoms. The molecule has 0 aliphatic heterocycles. The molecule has 0 aliphatic rings. The number of nitrogens with zero attached hydrogens (tertiary/aromatic N) is 1. The van der Waals surface area contributed by atoms with Crippen LogP contribution in [-0.4, -0.2) is 30.9 Å². The molecule has 0 heterocycles. The largest absolute Gasteiger partial charge is 0.506 e. The van der Waals surface area contributed by atoms with Crippen LogP contribution < -0.4 is 4.72 Å². The predicted molar refractivity (Wildman–Crippen MR) is 68.6 cm³/mol. The van der Waals surface area contributed by atoms with E-state index >= 15 is 0 Å². The van der Waals surface area contributed by atoms with Crippen molar-refractivity contribution >= 4 is 27.5 Å². The zero-order chi connectivity index (χ0) is 13.2. The molecule has 5 nitrogen and oxygen atoms in total. The lowest BCUT2D eigenvalue weighted by Gasteiger charge is -2.21. The molecule has 96 valence electrons. The second-order valence-electron chi connectivity index (χ2n) is 3.88. The Kier molecular flexibility index (Phi) is 4.24. The molecule has 0 bridgehead atoms. The van der Waals surface area contributed by atoms with E-state index in [1.807, 2.05) is 0 Å². The topological polar surface area (TPSA) is 69.6 Å². The number of phenolic OH excluding ortho intramolecular Hbond substituents is 1. The molecule has 0 atom stereocenters. The van der Waals surface area contributed by atoms with Crippen molar-refractivity contribution in [1.29, 1.82) is 0 Å². The fourth-order valence-electron chi connectivity index (χ4n) is 1.07. The Morgan fingerprint density at radius 1 is 1.41 bits per heavy atom. The van der Waals surface area contributed by atoms with E-state index in [-0.39, 0.29) is 16.8 Å². The molecular formula is C10H15ClN2O3S. The Labute approximate surface area is 106 Å². The minimum Gasteiger partial charge on any atom is -0.506 e. The zero-order valence-corrected chi connectivity index (χ0v) is 11.4. The summed E-state index contributed by atoms with van der Waals surface area (Å²) < 4.78 is 27.3. The minimum absolute atomic E-state index is 0.0909. The summed E-state index contributed by atoms with van der Waals surface area (Å²) in [6.45, 7) is 3.53. The average molecular weight is 279 g/mol. The smallest absolute Gasteiger partial charge is 0.301 e. The van der Waals surface area contributed by atoms with Crippen LogP contribution in [0.15, 0.2) is 18.2 Å². The highest BCUT2D eigenvalue weighted by Gasteiger charge is 2.20. The summed E-state index contributed by atoms with van der Waals surface area (Å²) in [5.41, 5.74) is 0.306. The Morgan fingerprint density at radius 2 is 2.00 bits per heavy atom. The van der Waals surface area contributed by atoms with E-state index in [0.717, 1.165) is 0 Å². The number of aromatic hydroxyl groups is 1. The van der Waals surface area contributed by atoms with Gasteiger partial charge in [0.2, 0.25) is 0 Å². The molecule has 0 spiro atoms. The van der Waals surface area contributed by atoms with Crippen molar-refractivity contribution < 1.29 is 13.5 Å². The van der Waals surface area contributed by atoms with Crippen LogP contribution in [0.1, 0.15) is 13.8 Å². The summed E-state index contributed by atoms with van der Waals surface area (Å²) in [5.74, 6) is -0.0909. The molecule has 1 rings (SSSR count). The third-order valence-electron chi connectivity index (χ3n) is 2.30. The van der Waals surface area contributed by atoms with Crippen molar-refractivity contribution in [2.45, 2.75) is 19.9 Å².